The highest BCUT2D eigenvalue weighted by atomic mass is 19.2. The Morgan fingerprint density at radius 2 is 1.80 bits per heavy atom. The van der Waals surface area contributed by atoms with Crippen LogP contribution in [0.25, 0.3) is 11.0 Å². The largest absolute Gasteiger partial charge is 0.390 e. The molecule has 1 fully saturated rings. The van der Waals surface area contributed by atoms with Gasteiger partial charge in [-0.3, -0.25) is 9.88 Å². The number of halogens is 2. The number of aromatic nitrogens is 2. The van der Waals surface area contributed by atoms with Crippen LogP contribution in [0.1, 0.15) is 0 Å². The topological polar surface area (TPSA) is 55.7 Å². The van der Waals surface area contributed by atoms with Crippen LogP contribution in [0.2, 0.25) is 0 Å². The van der Waals surface area contributed by atoms with E-state index in [0.717, 1.165) is 38.3 Å². The van der Waals surface area contributed by atoms with Crippen molar-refractivity contribution in [2.75, 3.05) is 58.3 Å². The molecule has 136 valence electrons. The Hall–Kier alpha value is -1.90. The van der Waals surface area contributed by atoms with Gasteiger partial charge in [-0.05, 0) is 7.05 Å². The first-order valence-electron chi connectivity index (χ1n) is 8.34. The number of benzene rings is 1. The van der Waals surface area contributed by atoms with E-state index in [0.29, 0.717) is 24.4 Å². The zero-order chi connectivity index (χ0) is 18.0. The molecule has 6 nitrogen and oxygen atoms in total. The fourth-order valence-corrected chi connectivity index (χ4v) is 2.98. The molecule has 2 heterocycles. The second kappa shape index (κ2) is 7.55. The Labute approximate surface area is 145 Å². The van der Waals surface area contributed by atoms with Gasteiger partial charge in [-0.15, -0.1) is 0 Å². The fourth-order valence-electron chi connectivity index (χ4n) is 2.98. The Balaban J connectivity index is 1.63. The number of hydrogen-bond donors (Lipinski definition) is 1. The van der Waals surface area contributed by atoms with Gasteiger partial charge in [-0.1, -0.05) is 0 Å². The Morgan fingerprint density at radius 1 is 1.16 bits per heavy atom. The quantitative estimate of drug-likeness (QED) is 0.866. The van der Waals surface area contributed by atoms with Crippen molar-refractivity contribution in [2.45, 2.75) is 6.10 Å². The first kappa shape index (κ1) is 17.9. The highest BCUT2D eigenvalue weighted by molar-refractivity contribution is 5.75. The number of anilines is 1. The van der Waals surface area contributed by atoms with Crippen LogP contribution in [-0.2, 0) is 0 Å². The van der Waals surface area contributed by atoms with Gasteiger partial charge in [-0.2, -0.15) is 0 Å². The lowest BCUT2D eigenvalue weighted by Gasteiger charge is -2.34. The number of hydrogen-bond acceptors (Lipinski definition) is 6. The minimum absolute atomic E-state index is 0.289. The van der Waals surface area contributed by atoms with Crippen molar-refractivity contribution in [3.05, 3.63) is 30.0 Å². The Bertz CT molecular complexity index is 736. The summed E-state index contributed by atoms with van der Waals surface area (Å²) in [5, 5.41) is 10.3. The van der Waals surface area contributed by atoms with Gasteiger partial charge in [0.05, 0.1) is 23.3 Å². The van der Waals surface area contributed by atoms with Crippen LogP contribution in [0.3, 0.4) is 0 Å². The van der Waals surface area contributed by atoms with E-state index in [4.69, 9.17) is 0 Å². The van der Waals surface area contributed by atoms with E-state index in [1.165, 1.54) is 6.20 Å². The lowest BCUT2D eigenvalue weighted by molar-refractivity contribution is 0.0842. The summed E-state index contributed by atoms with van der Waals surface area (Å²) in [5.41, 5.74) is 0.589. The number of fused-ring (bicyclic) bond motifs is 1. The molecule has 0 bridgehead atoms. The number of piperazine rings is 1. The van der Waals surface area contributed by atoms with Gasteiger partial charge in [0.1, 0.15) is 5.82 Å². The van der Waals surface area contributed by atoms with E-state index >= 15 is 0 Å². The molecule has 1 unspecified atom stereocenters. The maximum absolute atomic E-state index is 13.4. The number of aliphatic hydroxyl groups excluding tert-OH is 1. The number of likely N-dealkylation sites (N-methyl/N-ethyl adjacent to an activating group) is 2. The van der Waals surface area contributed by atoms with Gasteiger partial charge in [-0.25, -0.2) is 13.8 Å². The number of aliphatic hydroxyl groups is 1. The molecule has 1 aromatic heterocycles. The number of rotatable bonds is 5. The summed E-state index contributed by atoms with van der Waals surface area (Å²) in [6.07, 6.45) is 0.971. The molecule has 1 atom stereocenters. The van der Waals surface area contributed by atoms with Gasteiger partial charge in [0.15, 0.2) is 11.6 Å². The van der Waals surface area contributed by atoms with Gasteiger partial charge >= 0.3 is 0 Å². The van der Waals surface area contributed by atoms with Crippen LogP contribution in [0.4, 0.5) is 14.6 Å². The van der Waals surface area contributed by atoms with Crippen molar-refractivity contribution in [2.24, 2.45) is 0 Å². The van der Waals surface area contributed by atoms with Crippen molar-refractivity contribution in [3.63, 3.8) is 0 Å². The molecule has 0 spiro atoms. The van der Waals surface area contributed by atoms with Gasteiger partial charge in [0.2, 0.25) is 0 Å². The van der Waals surface area contributed by atoms with Crippen molar-refractivity contribution >= 4 is 16.9 Å². The van der Waals surface area contributed by atoms with Gasteiger partial charge in [0, 0.05) is 58.4 Å². The summed E-state index contributed by atoms with van der Waals surface area (Å²) in [4.78, 5) is 14.7. The monoisotopic (exact) mass is 351 g/mol. The molecule has 0 aliphatic carbocycles. The highest BCUT2D eigenvalue weighted by Gasteiger charge is 2.19. The van der Waals surface area contributed by atoms with Crippen molar-refractivity contribution in [1.82, 2.24) is 19.8 Å². The van der Waals surface area contributed by atoms with Crippen molar-refractivity contribution < 1.29 is 13.9 Å². The molecule has 25 heavy (non-hydrogen) atoms. The molecule has 0 saturated carbocycles. The first-order valence-corrected chi connectivity index (χ1v) is 8.34. The van der Waals surface area contributed by atoms with E-state index in [1.54, 1.807) is 11.9 Å². The summed E-state index contributed by atoms with van der Waals surface area (Å²) in [5.74, 6) is -1.38. The molecular weight excluding hydrogens is 328 g/mol. The van der Waals surface area contributed by atoms with Crippen LogP contribution < -0.4 is 4.90 Å². The highest BCUT2D eigenvalue weighted by Crippen LogP contribution is 2.18. The van der Waals surface area contributed by atoms with Crippen LogP contribution in [0.15, 0.2) is 18.3 Å². The molecule has 0 amide bonds. The summed E-state index contributed by atoms with van der Waals surface area (Å²) in [7, 11) is 3.89. The normalized spacial score (nSPS) is 17.8. The molecule has 1 N–H and O–H groups in total. The Morgan fingerprint density at radius 3 is 2.48 bits per heavy atom. The summed E-state index contributed by atoms with van der Waals surface area (Å²) >= 11 is 0. The molecule has 1 saturated heterocycles. The van der Waals surface area contributed by atoms with E-state index in [1.807, 2.05) is 0 Å². The van der Waals surface area contributed by atoms with E-state index in [2.05, 4.69) is 26.8 Å². The predicted molar refractivity (Wildman–Crippen MR) is 92.7 cm³/mol. The molecule has 1 aliphatic heterocycles. The second-order valence-electron chi connectivity index (χ2n) is 6.62. The summed E-state index contributed by atoms with van der Waals surface area (Å²) in [6, 6.07) is 2.07. The van der Waals surface area contributed by atoms with Crippen molar-refractivity contribution in [1.29, 1.82) is 0 Å². The van der Waals surface area contributed by atoms with E-state index in [-0.39, 0.29) is 5.52 Å². The SMILES string of the molecule is CN1CCN(CC(O)CN(C)c2cnc3cc(F)c(F)cc3n2)CC1. The van der Waals surface area contributed by atoms with E-state index < -0.39 is 17.7 Å². The zero-order valence-corrected chi connectivity index (χ0v) is 14.5. The van der Waals surface area contributed by atoms with Crippen LogP contribution in [0, 0.1) is 11.6 Å². The lowest BCUT2D eigenvalue weighted by Crippen LogP contribution is -2.48. The molecule has 8 heteroatoms. The minimum atomic E-state index is -0.947. The molecule has 3 rings (SSSR count). The van der Waals surface area contributed by atoms with Crippen molar-refractivity contribution in [3.8, 4) is 0 Å². The van der Waals surface area contributed by atoms with Crippen LogP contribution in [0.5, 0.6) is 0 Å². The third-order valence-electron chi connectivity index (χ3n) is 4.51. The maximum atomic E-state index is 13.4. The molecular formula is C17H23F2N5O. The van der Waals surface area contributed by atoms with Gasteiger partial charge in [0.25, 0.3) is 0 Å². The molecule has 0 radical (unpaired) electrons. The molecule has 2 aromatic rings. The third kappa shape index (κ3) is 4.39. The first-order chi connectivity index (χ1) is 11.9. The van der Waals surface area contributed by atoms with E-state index in [9.17, 15) is 13.9 Å². The van der Waals surface area contributed by atoms with Gasteiger partial charge < -0.3 is 14.9 Å². The molecule has 1 aromatic carbocycles. The minimum Gasteiger partial charge on any atom is -0.390 e. The predicted octanol–water partition coefficient (Wildman–Crippen LogP) is 0.952. The summed E-state index contributed by atoms with van der Waals surface area (Å²) < 4.78 is 26.6. The second-order valence-corrected chi connectivity index (χ2v) is 6.62. The average molecular weight is 351 g/mol. The average Bonchev–Trinajstić information content (AvgIpc) is 2.57. The third-order valence-corrected chi connectivity index (χ3v) is 4.51. The standard InChI is InChI=1S/C17H23F2N5O/c1-22-3-5-24(6-4-22)11-12(25)10-23(2)17-9-20-15-7-13(18)14(19)8-16(15)21-17/h7-9,12,25H,3-6,10-11H2,1-2H3. The summed E-state index contributed by atoms with van der Waals surface area (Å²) in [6.45, 7) is 4.87. The Kier molecular flexibility index (Phi) is 5.41. The zero-order valence-electron chi connectivity index (χ0n) is 14.5. The number of nitrogens with zero attached hydrogens (tertiary/aromatic N) is 5. The lowest BCUT2D eigenvalue weighted by atomic mass is 10.2. The van der Waals surface area contributed by atoms with Crippen LogP contribution in [-0.4, -0.2) is 84.3 Å². The fraction of sp³-hybridized carbons (Fsp3) is 0.529. The van der Waals surface area contributed by atoms with Crippen LogP contribution >= 0.6 is 0 Å². The maximum Gasteiger partial charge on any atom is 0.161 e. The molecule has 1 aliphatic rings. The smallest absolute Gasteiger partial charge is 0.161 e. The number of β-amino-alcohol motifs (C(OH)–C–C–N with tert-alkyl or cyclic N) is 1.